The fourth-order valence-corrected chi connectivity index (χ4v) is 0.315. The van der Waals surface area contributed by atoms with E-state index in [-0.39, 0.29) is 0 Å². The molecule has 0 atom stereocenters. The second-order valence-corrected chi connectivity index (χ2v) is 2.32. The molecule has 0 rings (SSSR count). The lowest BCUT2D eigenvalue weighted by Crippen LogP contribution is -1.84. The van der Waals surface area contributed by atoms with E-state index < -0.39 is 5.30 Å². The second kappa shape index (κ2) is 4.44. The molecule has 0 aromatic rings. The maximum absolute atomic E-state index is 10.0. The van der Waals surface area contributed by atoms with Crippen molar-refractivity contribution in [3.63, 3.8) is 0 Å². The van der Waals surface area contributed by atoms with E-state index in [1.807, 2.05) is 13.8 Å². The Bertz CT molecular complexity index is 118. The maximum Gasteiger partial charge on any atom is 0.369 e. The molecule has 3 heteroatoms. The van der Waals surface area contributed by atoms with Gasteiger partial charge in [-0.1, -0.05) is 26.5 Å². The van der Waals surface area contributed by atoms with Crippen LogP contribution in [-0.4, -0.2) is 5.30 Å². The first-order chi connectivity index (χ1) is 4.13. The largest absolute Gasteiger partial charge is 0.427 e. The summed E-state index contributed by atoms with van der Waals surface area (Å²) < 4.78 is 4.40. The van der Waals surface area contributed by atoms with Gasteiger partial charge in [0.05, 0.1) is 6.26 Å². The normalized spacial score (nSPS) is 10.7. The van der Waals surface area contributed by atoms with E-state index in [4.69, 9.17) is 0 Å². The zero-order valence-corrected chi connectivity index (χ0v) is 6.39. The molecule has 0 unspecified atom stereocenters. The van der Waals surface area contributed by atoms with Crippen LogP contribution in [0, 0.1) is 5.92 Å². The van der Waals surface area contributed by atoms with Crippen molar-refractivity contribution in [3.8, 4) is 0 Å². The molecule has 0 amide bonds. The lowest BCUT2D eigenvalue weighted by molar-refractivity contribution is 0.214. The number of allylic oxidation sites excluding steroid dienone is 1. The van der Waals surface area contributed by atoms with Crippen LogP contribution >= 0.6 is 12.6 Å². The summed E-state index contributed by atoms with van der Waals surface area (Å²) in [6, 6.07) is 0. The van der Waals surface area contributed by atoms with E-state index in [0.29, 0.717) is 5.92 Å². The Hall–Kier alpha value is -0.440. The lowest BCUT2D eigenvalue weighted by Gasteiger charge is -1.92. The van der Waals surface area contributed by atoms with Gasteiger partial charge in [0.25, 0.3) is 0 Å². The number of ether oxygens (including phenoxy) is 1. The van der Waals surface area contributed by atoms with E-state index in [1.54, 1.807) is 6.08 Å². The SMILES string of the molecule is CC(C)/C=C/OC(=O)S. The molecule has 0 heterocycles. The fourth-order valence-electron chi connectivity index (χ4n) is 0.255. The zero-order chi connectivity index (χ0) is 7.28. The zero-order valence-electron chi connectivity index (χ0n) is 5.50. The molecule has 0 aliphatic rings. The third kappa shape index (κ3) is 7.56. The van der Waals surface area contributed by atoms with Gasteiger partial charge in [-0.05, 0) is 12.0 Å². The lowest BCUT2D eigenvalue weighted by atomic mass is 10.2. The van der Waals surface area contributed by atoms with E-state index in [9.17, 15) is 4.79 Å². The molecular formula is C6H10O2S. The number of carbonyl (C=O) groups is 1. The summed E-state index contributed by atoms with van der Waals surface area (Å²) in [5, 5.41) is -0.577. The highest BCUT2D eigenvalue weighted by Gasteiger charge is 1.87. The molecule has 0 N–H and O–H groups in total. The minimum absolute atomic E-state index is 0.401. The third-order valence-corrected chi connectivity index (χ3v) is 0.738. The summed E-state index contributed by atoms with van der Waals surface area (Å²) in [5.74, 6) is 0.401. The Kier molecular flexibility index (Phi) is 4.22. The first kappa shape index (κ1) is 8.56. The van der Waals surface area contributed by atoms with Crippen molar-refractivity contribution >= 4 is 17.9 Å². The number of hydrogen-bond donors (Lipinski definition) is 1. The Balaban J connectivity index is 3.36. The number of hydrogen-bond acceptors (Lipinski definition) is 2. The van der Waals surface area contributed by atoms with Crippen LogP contribution in [-0.2, 0) is 4.74 Å². The average Bonchev–Trinajstić information content (AvgIpc) is 1.63. The summed E-state index contributed by atoms with van der Waals surface area (Å²) in [6.07, 6.45) is 3.12. The van der Waals surface area contributed by atoms with Crippen LogP contribution in [0.4, 0.5) is 4.79 Å². The number of carbonyl (C=O) groups excluding carboxylic acids is 1. The second-order valence-electron chi connectivity index (χ2n) is 1.96. The van der Waals surface area contributed by atoms with E-state index >= 15 is 0 Å². The van der Waals surface area contributed by atoms with Crippen LogP contribution < -0.4 is 0 Å². The standard InChI is InChI=1S/C6H10O2S/c1-5(2)3-4-8-6(7)9/h3-5H,1-2H3,(H,7,9)/b4-3+. The average molecular weight is 146 g/mol. The molecule has 0 radical (unpaired) electrons. The smallest absolute Gasteiger partial charge is 0.369 e. The summed E-state index contributed by atoms with van der Waals surface area (Å²) in [7, 11) is 0. The molecular weight excluding hydrogens is 136 g/mol. The van der Waals surface area contributed by atoms with Gasteiger partial charge in [-0.25, -0.2) is 4.79 Å². The van der Waals surface area contributed by atoms with Gasteiger partial charge in [0, 0.05) is 0 Å². The Morgan fingerprint density at radius 2 is 2.22 bits per heavy atom. The van der Waals surface area contributed by atoms with Crippen molar-refractivity contribution < 1.29 is 9.53 Å². The Morgan fingerprint density at radius 3 is 2.56 bits per heavy atom. The molecule has 0 aromatic heterocycles. The molecule has 0 fully saturated rings. The predicted molar refractivity (Wildman–Crippen MR) is 39.4 cm³/mol. The third-order valence-electron chi connectivity index (χ3n) is 0.632. The van der Waals surface area contributed by atoms with Gasteiger partial charge < -0.3 is 4.74 Å². The van der Waals surface area contributed by atoms with Crippen molar-refractivity contribution in [2.24, 2.45) is 5.92 Å². The van der Waals surface area contributed by atoms with Crippen LogP contribution in [0.5, 0.6) is 0 Å². The molecule has 0 aromatic carbocycles. The van der Waals surface area contributed by atoms with Gasteiger partial charge in [0.1, 0.15) is 0 Å². The van der Waals surface area contributed by atoms with E-state index in [2.05, 4.69) is 17.4 Å². The molecule has 0 aliphatic carbocycles. The molecule has 0 bridgehead atoms. The van der Waals surface area contributed by atoms with Crippen molar-refractivity contribution in [1.82, 2.24) is 0 Å². The van der Waals surface area contributed by atoms with E-state index in [1.165, 1.54) is 6.26 Å². The van der Waals surface area contributed by atoms with Crippen molar-refractivity contribution in [3.05, 3.63) is 12.3 Å². The van der Waals surface area contributed by atoms with Crippen LogP contribution in [0.1, 0.15) is 13.8 Å². The highest BCUT2D eigenvalue weighted by molar-refractivity contribution is 7.96. The van der Waals surface area contributed by atoms with Crippen molar-refractivity contribution in [1.29, 1.82) is 0 Å². The summed E-state index contributed by atoms with van der Waals surface area (Å²) in [5.41, 5.74) is 0. The van der Waals surface area contributed by atoms with Gasteiger partial charge in [-0.15, -0.1) is 0 Å². The highest BCUT2D eigenvalue weighted by atomic mass is 32.1. The molecule has 52 valence electrons. The van der Waals surface area contributed by atoms with Crippen LogP contribution in [0.25, 0.3) is 0 Å². The quantitative estimate of drug-likeness (QED) is 0.367. The Morgan fingerprint density at radius 1 is 1.67 bits per heavy atom. The van der Waals surface area contributed by atoms with Crippen molar-refractivity contribution in [2.45, 2.75) is 13.8 Å². The van der Waals surface area contributed by atoms with Gasteiger partial charge in [0.2, 0.25) is 0 Å². The minimum Gasteiger partial charge on any atom is -0.427 e. The van der Waals surface area contributed by atoms with Crippen LogP contribution in [0.2, 0.25) is 0 Å². The first-order valence-electron chi connectivity index (χ1n) is 2.69. The topological polar surface area (TPSA) is 26.3 Å². The monoisotopic (exact) mass is 146 g/mol. The highest BCUT2D eigenvalue weighted by Crippen LogP contribution is 1.94. The van der Waals surface area contributed by atoms with Crippen LogP contribution in [0.15, 0.2) is 12.3 Å². The van der Waals surface area contributed by atoms with Gasteiger partial charge in [-0.2, -0.15) is 0 Å². The number of thiol groups is 1. The van der Waals surface area contributed by atoms with Gasteiger partial charge in [-0.3, -0.25) is 0 Å². The van der Waals surface area contributed by atoms with E-state index in [0.717, 1.165) is 0 Å². The van der Waals surface area contributed by atoms with Crippen molar-refractivity contribution in [2.75, 3.05) is 0 Å². The van der Waals surface area contributed by atoms with Gasteiger partial charge in [0.15, 0.2) is 0 Å². The predicted octanol–water partition coefficient (Wildman–Crippen LogP) is 2.22. The summed E-state index contributed by atoms with van der Waals surface area (Å²) in [4.78, 5) is 10.0. The number of rotatable bonds is 2. The minimum atomic E-state index is -0.577. The summed E-state index contributed by atoms with van der Waals surface area (Å²) in [6.45, 7) is 3.98. The summed E-state index contributed by atoms with van der Waals surface area (Å²) >= 11 is 3.39. The molecule has 0 saturated carbocycles. The van der Waals surface area contributed by atoms with Gasteiger partial charge >= 0.3 is 5.30 Å². The fraction of sp³-hybridized carbons (Fsp3) is 0.500. The molecule has 9 heavy (non-hydrogen) atoms. The van der Waals surface area contributed by atoms with Crippen LogP contribution in [0.3, 0.4) is 0 Å². The molecule has 0 aliphatic heterocycles. The maximum atomic E-state index is 10.0. The molecule has 0 spiro atoms. The molecule has 2 nitrogen and oxygen atoms in total. The first-order valence-corrected chi connectivity index (χ1v) is 3.14. The molecule has 0 saturated heterocycles. The Labute approximate surface area is 60.3 Å².